The molecule has 0 amide bonds. The Hall–Kier alpha value is -3.73. The topological polar surface area (TPSA) is 104 Å². The molecule has 46 heavy (non-hydrogen) atoms. The first kappa shape index (κ1) is 32.2. The van der Waals surface area contributed by atoms with Crippen molar-refractivity contribution in [3.05, 3.63) is 107 Å². The Balaban J connectivity index is 1.31. The second-order valence-corrected chi connectivity index (χ2v) is 11.7. The van der Waals surface area contributed by atoms with Gasteiger partial charge >= 0.3 is 0 Å². The highest BCUT2D eigenvalue weighted by atomic mass is 16.6. The van der Waals surface area contributed by atoms with Crippen molar-refractivity contribution < 1.29 is 42.7 Å². The maximum Gasteiger partial charge on any atom is 0.146 e. The third-order valence-electron chi connectivity index (χ3n) is 8.05. The third kappa shape index (κ3) is 10.1. The minimum atomic E-state index is -0.335. The summed E-state index contributed by atoms with van der Waals surface area (Å²) in [5.74, 6) is 0.977. The molecule has 4 aliphatic rings. The van der Waals surface area contributed by atoms with E-state index < -0.39 is 0 Å². The van der Waals surface area contributed by atoms with Gasteiger partial charge in [-0.05, 0) is 54.0 Å². The second-order valence-electron chi connectivity index (χ2n) is 11.7. The van der Waals surface area contributed by atoms with Crippen molar-refractivity contribution in [2.24, 2.45) is 0 Å². The molecular formula is C37H42O9. The van der Waals surface area contributed by atoms with Gasteiger partial charge in [-0.25, -0.2) is 0 Å². The molecule has 0 N–H and O–H groups in total. The van der Waals surface area contributed by atoms with E-state index in [1.54, 1.807) is 12.3 Å². The molecule has 4 heterocycles. The molecule has 2 aromatic carbocycles. The highest BCUT2D eigenvalue weighted by Gasteiger charge is 2.31. The molecule has 4 saturated heterocycles. The van der Waals surface area contributed by atoms with Crippen LogP contribution in [0.3, 0.4) is 0 Å². The zero-order chi connectivity index (χ0) is 31.6. The van der Waals surface area contributed by atoms with E-state index in [-0.39, 0.29) is 36.3 Å². The van der Waals surface area contributed by atoms with Gasteiger partial charge < -0.3 is 37.9 Å². The van der Waals surface area contributed by atoms with Gasteiger partial charge in [-0.2, -0.15) is 0 Å². The molecule has 2 aromatic rings. The molecule has 4 aliphatic heterocycles. The molecule has 0 radical (unpaired) electrons. The SMILES string of the molecule is C/C=C(\C=C/COCC1CO1)C(c1ccc(OCC2CO2)cc1)C(/C(C=O)=C/C=C/OCC1CO1)c1ccc(OCC2CO2)cc1. The second kappa shape index (κ2) is 16.2. The fourth-order valence-electron chi connectivity index (χ4n) is 5.15. The van der Waals surface area contributed by atoms with Crippen LogP contribution in [0.2, 0.25) is 0 Å². The van der Waals surface area contributed by atoms with Crippen molar-refractivity contribution in [3.8, 4) is 11.5 Å². The number of allylic oxidation sites excluding steroid dienone is 6. The van der Waals surface area contributed by atoms with E-state index in [0.717, 1.165) is 60.9 Å². The van der Waals surface area contributed by atoms with Crippen LogP contribution in [0.4, 0.5) is 0 Å². The van der Waals surface area contributed by atoms with Crippen molar-refractivity contribution in [1.29, 1.82) is 0 Å². The van der Waals surface area contributed by atoms with Crippen molar-refractivity contribution >= 4 is 6.29 Å². The van der Waals surface area contributed by atoms with Crippen molar-refractivity contribution in [1.82, 2.24) is 0 Å². The quantitative estimate of drug-likeness (QED) is 0.0466. The zero-order valence-electron chi connectivity index (χ0n) is 26.2. The Kier molecular flexibility index (Phi) is 11.3. The molecule has 244 valence electrons. The van der Waals surface area contributed by atoms with Gasteiger partial charge in [0.05, 0.1) is 45.9 Å². The molecule has 0 spiro atoms. The van der Waals surface area contributed by atoms with Crippen LogP contribution in [0, 0.1) is 0 Å². The predicted molar refractivity (Wildman–Crippen MR) is 171 cm³/mol. The van der Waals surface area contributed by atoms with Gasteiger partial charge in [0.2, 0.25) is 0 Å². The number of hydrogen-bond donors (Lipinski definition) is 0. The van der Waals surface area contributed by atoms with Gasteiger partial charge in [-0.3, -0.25) is 4.79 Å². The Morgan fingerprint density at radius 2 is 1.24 bits per heavy atom. The third-order valence-corrected chi connectivity index (χ3v) is 8.05. The first-order valence-corrected chi connectivity index (χ1v) is 16.0. The fourth-order valence-corrected chi connectivity index (χ4v) is 5.15. The van der Waals surface area contributed by atoms with Gasteiger partial charge in [0.25, 0.3) is 0 Å². The van der Waals surface area contributed by atoms with Crippen LogP contribution in [-0.2, 0) is 33.2 Å². The predicted octanol–water partition coefficient (Wildman–Crippen LogP) is 5.08. The lowest BCUT2D eigenvalue weighted by atomic mass is 9.73. The van der Waals surface area contributed by atoms with Gasteiger partial charge in [-0.1, -0.05) is 48.6 Å². The first-order chi connectivity index (χ1) is 22.7. The van der Waals surface area contributed by atoms with Crippen LogP contribution in [0.25, 0.3) is 0 Å². The van der Waals surface area contributed by atoms with E-state index in [9.17, 15) is 4.79 Å². The number of aldehydes is 1. The Bertz CT molecular complexity index is 1380. The maximum atomic E-state index is 12.9. The molecule has 9 heteroatoms. The highest BCUT2D eigenvalue weighted by molar-refractivity contribution is 5.78. The molecule has 6 rings (SSSR count). The summed E-state index contributed by atoms with van der Waals surface area (Å²) < 4.78 is 44.3. The number of carbonyl (C=O) groups is 1. The molecule has 9 nitrogen and oxygen atoms in total. The lowest BCUT2D eigenvalue weighted by Crippen LogP contribution is -2.17. The van der Waals surface area contributed by atoms with Crippen LogP contribution < -0.4 is 9.47 Å². The summed E-state index contributed by atoms with van der Waals surface area (Å²) in [5, 5.41) is 0. The normalized spacial score (nSPS) is 24.9. The molecule has 6 unspecified atom stereocenters. The van der Waals surface area contributed by atoms with E-state index in [1.807, 2.05) is 55.5 Å². The molecule has 0 saturated carbocycles. The maximum absolute atomic E-state index is 12.9. The molecular weight excluding hydrogens is 588 g/mol. The number of benzene rings is 2. The van der Waals surface area contributed by atoms with Crippen LogP contribution in [0.5, 0.6) is 11.5 Å². The van der Waals surface area contributed by atoms with Crippen LogP contribution in [-0.4, -0.2) is 90.2 Å². The van der Waals surface area contributed by atoms with Crippen molar-refractivity contribution in [2.45, 2.75) is 43.2 Å². The van der Waals surface area contributed by atoms with Crippen LogP contribution >= 0.6 is 0 Å². The monoisotopic (exact) mass is 630 g/mol. The molecule has 4 fully saturated rings. The lowest BCUT2D eigenvalue weighted by molar-refractivity contribution is -0.105. The van der Waals surface area contributed by atoms with E-state index >= 15 is 0 Å². The van der Waals surface area contributed by atoms with Gasteiger partial charge in [0, 0.05) is 17.4 Å². The standard InChI is InChI=1S/C37H42O9/c1-2-26(5-3-15-39-18-32-20-43-32)36(27-7-11-30(12-8-27)41-22-34-24-45-34)37(29(17-38)6-4-16-40-19-33-21-44-33)28-9-13-31(14-10-28)42-23-35-25-46-35/h2-14,16-17,32-37H,15,18-25H2,1H3/b5-3-,16-4+,26-2+,29-6+. The summed E-state index contributed by atoms with van der Waals surface area (Å²) in [6.45, 7) is 7.55. The lowest BCUT2D eigenvalue weighted by Gasteiger charge is -2.30. The molecule has 6 atom stereocenters. The summed E-state index contributed by atoms with van der Waals surface area (Å²) >= 11 is 0. The minimum Gasteiger partial charge on any atom is -0.498 e. The summed E-state index contributed by atoms with van der Waals surface area (Å²) in [6, 6.07) is 16.1. The summed E-state index contributed by atoms with van der Waals surface area (Å²) in [6.07, 6.45) is 13.0. The number of epoxide rings is 4. The molecule has 0 aromatic heterocycles. The van der Waals surface area contributed by atoms with E-state index in [4.69, 9.17) is 37.9 Å². The summed E-state index contributed by atoms with van der Waals surface area (Å²) in [5.41, 5.74) is 3.66. The number of carbonyl (C=O) groups excluding carboxylic acids is 1. The number of hydrogen-bond acceptors (Lipinski definition) is 9. The van der Waals surface area contributed by atoms with Crippen LogP contribution in [0.15, 0.2) is 96.3 Å². The highest BCUT2D eigenvalue weighted by Crippen LogP contribution is 2.44. The Morgan fingerprint density at radius 1 is 0.739 bits per heavy atom. The molecule has 0 bridgehead atoms. The van der Waals surface area contributed by atoms with Gasteiger partial charge in [0.1, 0.15) is 62.0 Å². The Morgan fingerprint density at radius 3 is 1.74 bits per heavy atom. The van der Waals surface area contributed by atoms with E-state index in [1.165, 1.54) is 0 Å². The zero-order valence-corrected chi connectivity index (χ0v) is 26.2. The average molecular weight is 631 g/mol. The van der Waals surface area contributed by atoms with Gasteiger partial charge in [0.15, 0.2) is 0 Å². The fraction of sp³-hybridized carbons (Fsp3) is 0.432. The van der Waals surface area contributed by atoms with Crippen LogP contribution in [0.1, 0.15) is 29.9 Å². The summed E-state index contributed by atoms with van der Waals surface area (Å²) in [7, 11) is 0. The van der Waals surface area contributed by atoms with E-state index in [0.29, 0.717) is 38.6 Å². The smallest absolute Gasteiger partial charge is 0.146 e. The summed E-state index contributed by atoms with van der Waals surface area (Å²) in [4.78, 5) is 12.9. The van der Waals surface area contributed by atoms with Crippen molar-refractivity contribution in [3.63, 3.8) is 0 Å². The first-order valence-electron chi connectivity index (χ1n) is 16.0. The average Bonchev–Trinajstić information content (AvgIpc) is 3.89. The number of rotatable bonds is 21. The van der Waals surface area contributed by atoms with Crippen molar-refractivity contribution in [2.75, 3.05) is 59.5 Å². The van der Waals surface area contributed by atoms with Gasteiger partial charge in [-0.15, -0.1) is 0 Å². The molecule has 0 aliphatic carbocycles. The Labute approximate surface area is 270 Å². The number of ether oxygens (including phenoxy) is 8. The van der Waals surface area contributed by atoms with E-state index in [2.05, 4.69) is 24.3 Å². The largest absolute Gasteiger partial charge is 0.498 e. The minimum absolute atomic E-state index is 0.150.